The minimum absolute atomic E-state index is 0.0287. The van der Waals surface area contributed by atoms with Gasteiger partial charge in [0.2, 0.25) is 0 Å². The summed E-state index contributed by atoms with van der Waals surface area (Å²) in [7, 11) is 0. The van der Waals surface area contributed by atoms with Crippen LogP contribution in [-0.4, -0.2) is 16.1 Å². The monoisotopic (exact) mass is 296 g/mol. The highest BCUT2D eigenvalue weighted by atomic mass is 32.2. The molecular formula is C11H8N2O4S2. The molecule has 1 heterocycles. The Morgan fingerprint density at radius 1 is 1.42 bits per heavy atom. The summed E-state index contributed by atoms with van der Waals surface area (Å²) < 4.78 is 1.02. The normalized spacial score (nSPS) is 10.1. The van der Waals surface area contributed by atoms with Gasteiger partial charge in [0.25, 0.3) is 5.69 Å². The maximum atomic E-state index is 10.8. The molecule has 8 heteroatoms. The number of anilines is 1. The quantitative estimate of drug-likeness (QED) is 0.659. The second-order valence-corrected chi connectivity index (χ2v) is 5.72. The summed E-state index contributed by atoms with van der Waals surface area (Å²) in [4.78, 5) is 21.5. The number of hydrogen-bond acceptors (Lipinski definition) is 5. The van der Waals surface area contributed by atoms with Crippen LogP contribution >= 0.6 is 23.1 Å². The van der Waals surface area contributed by atoms with Crippen molar-refractivity contribution in [1.29, 1.82) is 0 Å². The Morgan fingerprint density at radius 2 is 2.21 bits per heavy atom. The van der Waals surface area contributed by atoms with Crippen LogP contribution in [0, 0.1) is 10.1 Å². The number of carboxylic acid groups (broad SMARTS) is 1. The van der Waals surface area contributed by atoms with Crippen LogP contribution < -0.4 is 5.32 Å². The summed E-state index contributed by atoms with van der Waals surface area (Å²) >= 11 is 2.96. The van der Waals surface area contributed by atoms with Gasteiger partial charge in [0, 0.05) is 11.0 Å². The molecule has 0 fully saturated rings. The number of benzene rings is 1. The number of carbonyl (C=O) groups is 1. The number of hydrogen-bond donors (Lipinski definition) is 2. The lowest BCUT2D eigenvalue weighted by molar-refractivity contribution is -0.384. The average molecular weight is 296 g/mol. The molecule has 1 aromatic carbocycles. The van der Waals surface area contributed by atoms with Crippen molar-refractivity contribution in [3.8, 4) is 0 Å². The van der Waals surface area contributed by atoms with Gasteiger partial charge in [-0.05, 0) is 23.6 Å². The molecule has 0 aliphatic carbocycles. The Morgan fingerprint density at radius 3 is 2.79 bits per heavy atom. The molecule has 0 radical (unpaired) electrons. The van der Waals surface area contributed by atoms with Gasteiger partial charge in [-0.25, -0.2) is 4.79 Å². The van der Waals surface area contributed by atoms with Crippen molar-refractivity contribution in [3.63, 3.8) is 0 Å². The standard InChI is InChI=1S/C11H8N2O4S2/c14-11(15)12-8-6-7(3-4-9(8)13(16)17)19-10-2-1-5-18-10/h1-6,12H,(H,14,15). The van der Waals surface area contributed by atoms with E-state index < -0.39 is 11.0 Å². The first-order valence-corrected chi connectivity index (χ1v) is 6.75. The maximum Gasteiger partial charge on any atom is 0.409 e. The van der Waals surface area contributed by atoms with Gasteiger partial charge in [0.05, 0.1) is 9.13 Å². The molecule has 0 aliphatic rings. The predicted molar refractivity (Wildman–Crippen MR) is 73.2 cm³/mol. The first-order valence-electron chi connectivity index (χ1n) is 5.06. The fraction of sp³-hybridized carbons (Fsp3) is 0. The lowest BCUT2D eigenvalue weighted by atomic mass is 10.2. The molecule has 0 atom stereocenters. The lowest BCUT2D eigenvalue weighted by Gasteiger charge is -2.05. The SMILES string of the molecule is O=C(O)Nc1cc(Sc2cccs2)ccc1[N+](=O)[O-]. The largest absolute Gasteiger partial charge is 0.465 e. The molecule has 2 rings (SSSR count). The number of nitrogens with zero attached hydrogens (tertiary/aromatic N) is 1. The van der Waals surface area contributed by atoms with Crippen molar-refractivity contribution in [2.45, 2.75) is 9.10 Å². The number of nitro groups is 1. The predicted octanol–water partition coefficient (Wildman–Crippen LogP) is 3.90. The van der Waals surface area contributed by atoms with E-state index in [-0.39, 0.29) is 11.4 Å². The van der Waals surface area contributed by atoms with Crippen LogP contribution in [0.5, 0.6) is 0 Å². The lowest BCUT2D eigenvalue weighted by Crippen LogP contribution is -2.09. The number of nitro benzene ring substituents is 1. The van der Waals surface area contributed by atoms with E-state index in [4.69, 9.17) is 5.11 Å². The minimum atomic E-state index is -1.33. The third kappa shape index (κ3) is 3.46. The van der Waals surface area contributed by atoms with Crippen molar-refractivity contribution in [2.75, 3.05) is 5.32 Å². The number of nitrogens with one attached hydrogen (secondary N) is 1. The highest BCUT2D eigenvalue weighted by Crippen LogP contribution is 2.35. The van der Waals surface area contributed by atoms with E-state index in [1.807, 2.05) is 22.8 Å². The van der Waals surface area contributed by atoms with Crippen LogP contribution in [0.3, 0.4) is 0 Å². The van der Waals surface area contributed by atoms with Gasteiger partial charge in [-0.15, -0.1) is 11.3 Å². The van der Waals surface area contributed by atoms with Gasteiger partial charge >= 0.3 is 6.09 Å². The topological polar surface area (TPSA) is 92.5 Å². The van der Waals surface area contributed by atoms with E-state index in [1.165, 1.54) is 23.9 Å². The molecule has 2 aromatic rings. The van der Waals surface area contributed by atoms with E-state index in [1.54, 1.807) is 17.4 Å². The van der Waals surface area contributed by atoms with Gasteiger partial charge in [-0.1, -0.05) is 17.8 Å². The molecule has 1 aromatic heterocycles. The van der Waals surface area contributed by atoms with Crippen molar-refractivity contribution in [3.05, 3.63) is 45.8 Å². The van der Waals surface area contributed by atoms with Crippen molar-refractivity contribution in [1.82, 2.24) is 0 Å². The summed E-state index contributed by atoms with van der Waals surface area (Å²) in [5.74, 6) is 0. The molecule has 0 saturated heterocycles. The average Bonchev–Trinajstić information content (AvgIpc) is 2.80. The van der Waals surface area contributed by atoms with Gasteiger partial charge < -0.3 is 5.11 Å². The Balaban J connectivity index is 2.31. The summed E-state index contributed by atoms with van der Waals surface area (Å²) in [6.07, 6.45) is -1.33. The van der Waals surface area contributed by atoms with Crippen LogP contribution in [-0.2, 0) is 0 Å². The Bertz CT molecular complexity index is 613. The number of amides is 1. The van der Waals surface area contributed by atoms with Crippen LogP contribution in [0.4, 0.5) is 16.2 Å². The molecule has 0 saturated carbocycles. The maximum absolute atomic E-state index is 10.8. The van der Waals surface area contributed by atoms with Crippen molar-refractivity contribution >= 4 is 40.6 Å². The highest BCUT2D eigenvalue weighted by molar-refractivity contribution is 8.01. The van der Waals surface area contributed by atoms with Gasteiger partial charge in [-0.3, -0.25) is 15.4 Å². The Kier molecular flexibility index (Phi) is 4.03. The van der Waals surface area contributed by atoms with Crippen LogP contribution in [0.1, 0.15) is 0 Å². The van der Waals surface area contributed by atoms with Crippen LogP contribution in [0.2, 0.25) is 0 Å². The fourth-order valence-corrected chi connectivity index (χ4v) is 3.18. The van der Waals surface area contributed by atoms with Crippen molar-refractivity contribution < 1.29 is 14.8 Å². The summed E-state index contributed by atoms with van der Waals surface area (Å²) in [6, 6.07) is 8.16. The first-order chi connectivity index (χ1) is 9.06. The first kappa shape index (κ1) is 13.4. The molecule has 19 heavy (non-hydrogen) atoms. The molecule has 0 aliphatic heterocycles. The van der Waals surface area contributed by atoms with Crippen LogP contribution in [0.15, 0.2) is 44.8 Å². The number of thiophene rings is 1. The zero-order valence-electron chi connectivity index (χ0n) is 9.40. The fourth-order valence-electron chi connectivity index (χ4n) is 1.39. The van der Waals surface area contributed by atoms with Gasteiger partial charge in [-0.2, -0.15) is 0 Å². The van der Waals surface area contributed by atoms with E-state index in [0.29, 0.717) is 0 Å². The van der Waals surface area contributed by atoms with Crippen molar-refractivity contribution in [2.24, 2.45) is 0 Å². The molecule has 1 amide bonds. The third-order valence-corrected chi connectivity index (χ3v) is 4.15. The summed E-state index contributed by atoms with van der Waals surface area (Å²) in [5, 5.41) is 23.4. The zero-order valence-corrected chi connectivity index (χ0v) is 11.0. The summed E-state index contributed by atoms with van der Waals surface area (Å²) in [6.45, 7) is 0. The van der Waals surface area contributed by atoms with Gasteiger partial charge in [0.15, 0.2) is 0 Å². The van der Waals surface area contributed by atoms with Crippen LogP contribution in [0.25, 0.3) is 0 Å². The highest BCUT2D eigenvalue weighted by Gasteiger charge is 2.16. The van der Waals surface area contributed by atoms with E-state index in [0.717, 1.165) is 9.10 Å². The minimum Gasteiger partial charge on any atom is -0.465 e. The smallest absolute Gasteiger partial charge is 0.409 e. The molecule has 6 nitrogen and oxygen atoms in total. The second-order valence-electron chi connectivity index (χ2n) is 3.40. The molecular weight excluding hydrogens is 288 g/mol. The van der Waals surface area contributed by atoms with E-state index in [9.17, 15) is 14.9 Å². The second kappa shape index (κ2) is 5.72. The van der Waals surface area contributed by atoms with E-state index in [2.05, 4.69) is 0 Å². The third-order valence-electron chi connectivity index (χ3n) is 2.12. The van der Waals surface area contributed by atoms with Gasteiger partial charge in [0.1, 0.15) is 5.69 Å². The molecule has 2 N–H and O–H groups in total. The summed E-state index contributed by atoms with van der Waals surface area (Å²) in [5.41, 5.74) is -0.294. The Hall–Kier alpha value is -2.06. The molecule has 0 unspecified atom stereocenters. The zero-order chi connectivity index (χ0) is 13.8. The Labute approximate surface area is 116 Å². The molecule has 0 spiro atoms. The van der Waals surface area contributed by atoms with E-state index >= 15 is 0 Å². The molecule has 0 bridgehead atoms. The molecule has 98 valence electrons. The number of rotatable bonds is 4.